The van der Waals surface area contributed by atoms with Crippen LogP contribution in [0.5, 0.6) is 0 Å². The molecule has 0 radical (unpaired) electrons. The number of halogens is 3. The Morgan fingerprint density at radius 3 is 2.57 bits per heavy atom. The Balaban J connectivity index is 2.08. The minimum atomic E-state index is -1.12. The van der Waals surface area contributed by atoms with Crippen molar-refractivity contribution in [2.75, 3.05) is 0 Å². The first-order valence-corrected chi connectivity index (χ1v) is 7.27. The van der Waals surface area contributed by atoms with E-state index in [2.05, 4.69) is 25.9 Å². The highest BCUT2D eigenvalue weighted by molar-refractivity contribution is 9.10. The van der Waals surface area contributed by atoms with E-state index in [1.165, 1.54) is 6.07 Å². The molecule has 3 nitrogen and oxygen atoms in total. The fraction of sp³-hybridized carbons (Fsp3) is 0.0667. The third kappa shape index (κ3) is 2.64. The summed E-state index contributed by atoms with van der Waals surface area (Å²) in [6.45, 7) is 0. The van der Waals surface area contributed by atoms with E-state index in [1.807, 2.05) is 0 Å². The molecular formula is C15H9BrClFN2O. The summed E-state index contributed by atoms with van der Waals surface area (Å²) in [6, 6.07) is 8.21. The molecule has 1 N–H and O–H groups in total. The second-order valence-electron chi connectivity index (χ2n) is 4.47. The highest BCUT2D eigenvalue weighted by Crippen LogP contribution is 2.33. The van der Waals surface area contributed by atoms with Gasteiger partial charge in [0.1, 0.15) is 11.9 Å². The van der Waals surface area contributed by atoms with Gasteiger partial charge in [-0.15, -0.1) is 0 Å². The van der Waals surface area contributed by atoms with Crippen LogP contribution in [0, 0.1) is 5.82 Å². The van der Waals surface area contributed by atoms with Crippen LogP contribution in [0.3, 0.4) is 0 Å². The van der Waals surface area contributed by atoms with E-state index >= 15 is 0 Å². The van der Waals surface area contributed by atoms with Crippen molar-refractivity contribution in [3.05, 3.63) is 69.2 Å². The zero-order valence-corrected chi connectivity index (χ0v) is 12.9. The van der Waals surface area contributed by atoms with Gasteiger partial charge in [-0.05, 0) is 39.7 Å². The van der Waals surface area contributed by atoms with Crippen LogP contribution in [0.4, 0.5) is 4.39 Å². The molecule has 1 heterocycles. The Morgan fingerprint density at radius 1 is 1.10 bits per heavy atom. The Bertz CT molecular complexity index is 828. The molecule has 1 aromatic heterocycles. The van der Waals surface area contributed by atoms with Crippen LogP contribution in [0.1, 0.15) is 17.2 Å². The van der Waals surface area contributed by atoms with Gasteiger partial charge in [-0.2, -0.15) is 0 Å². The Kier molecular flexibility index (Phi) is 3.89. The molecule has 0 saturated heterocycles. The summed E-state index contributed by atoms with van der Waals surface area (Å²) in [7, 11) is 0. The van der Waals surface area contributed by atoms with E-state index in [9.17, 15) is 9.50 Å². The summed E-state index contributed by atoms with van der Waals surface area (Å²) in [5.41, 5.74) is 1.99. The van der Waals surface area contributed by atoms with Crippen LogP contribution < -0.4 is 0 Å². The number of hydrogen-bond acceptors (Lipinski definition) is 3. The number of fused-ring (bicyclic) bond motifs is 1. The fourth-order valence-corrected chi connectivity index (χ4v) is 2.56. The van der Waals surface area contributed by atoms with Crippen LogP contribution in [0.2, 0.25) is 5.02 Å². The number of aliphatic hydroxyl groups excluding tert-OH is 1. The Labute approximate surface area is 133 Å². The molecular weight excluding hydrogens is 359 g/mol. The van der Waals surface area contributed by atoms with Gasteiger partial charge in [0.15, 0.2) is 0 Å². The Morgan fingerprint density at radius 2 is 1.81 bits per heavy atom. The van der Waals surface area contributed by atoms with E-state index < -0.39 is 11.9 Å². The van der Waals surface area contributed by atoms with Gasteiger partial charge in [-0.25, -0.2) is 4.39 Å². The fourth-order valence-electron chi connectivity index (χ4n) is 2.08. The number of nitrogens with zero attached hydrogens (tertiary/aromatic N) is 2. The highest BCUT2D eigenvalue weighted by atomic mass is 79.9. The maximum atomic E-state index is 14.2. The third-order valence-corrected chi connectivity index (χ3v) is 4.43. The standard InChI is InChI=1S/C15H9BrClFN2O/c16-10-3-2-9(14(18)13(10)17)15(21)8-1-4-11-12(7-8)20-6-5-19-11/h1-7,15,21H. The SMILES string of the molecule is OC(c1ccc2nccnc2c1)c1ccc(Br)c(Cl)c1F. The maximum Gasteiger partial charge on any atom is 0.149 e. The van der Waals surface area contributed by atoms with Gasteiger partial charge in [0.2, 0.25) is 0 Å². The zero-order chi connectivity index (χ0) is 15.0. The number of aromatic nitrogens is 2. The van der Waals surface area contributed by atoms with Crippen LogP contribution in [0.15, 0.2) is 47.2 Å². The molecule has 0 spiro atoms. The van der Waals surface area contributed by atoms with Crippen molar-refractivity contribution in [1.29, 1.82) is 0 Å². The summed E-state index contributed by atoms with van der Waals surface area (Å²) in [4.78, 5) is 8.32. The van der Waals surface area contributed by atoms with Crippen molar-refractivity contribution in [2.45, 2.75) is 6.10 Å². The lowest BCUT2D eigenvalue weighted by Crippen LogP contribution is -2.03. The summed E-state index contributed by atoms with van der Waals surface area (Å²) in [6.07, 6.45) is 2.03. The van der Waals surface area contributed by atoms with Crippen molar-refractivity contribution in [2.24, 2.45) is 0 Å². The Hall–Kier alpha value is -1.56. The second kappa shape index (κ2) is 5.67. The smallest absolute Gasteiger partial charge is 0.149 e. The molecule has 0 aliphatic rings. The first-order valence-electron chi connectivity index (χ1n) is 6.10. The lowest BCUT2D eigenvalue weighted by atomic mass is 10.0. The van der Waals surface area contributed by atoms with Crippen molar-refractivity contribution >= 4 is 38.6 Å². The van der Waals surface area contributed by atoms with Crippen molar-refractivity contribution < 1.29 is 9.50 Å². The summed E-state index contributed by atoms with van der Waals surface area (Å²) >= 11 is 9.00. The predicted molar refractivity (Wildman–Crippen MR) is 82.7 cm³/mol. The van der Waals surface area contributed by atoms with Gasteiger partial charge in [0.25, 0.3) is 0 Å². The van der Waals surface area contributed by atoms with Gasteiger partial charge < -0.3 is 5.11 Å². The molecule has 0 amide bonds. The number of hydrogen-bond donors (Lipinski definition) is 1. The first-order chi connectivity index (χ1) is 10.1. The molecule has 0 saturated carbocycles. The molecule has 3 rings (SSSR count). The van der Waals surface area contributed by atoms with E-state index in [1.54, 1.807) is 36.7 Å². The summed E-state index contributed by atoms with van der Waals surface area (Å²) in [5.74, 6) is -0.641. The molecule has 3 aromatic rings. The monoisotopic (exact) mass is 366 g/mol. The lowest BCUT2D eigenvalue weighted by Gasteiger charge is -2.14. The molecule has 0 fully saturated rings. The molecule has 1 atom stereocenters. The second-order valence-corrected chi connectivity index (χ2v) is 5.70. The summed E-state index contributed by atoms with van der Waals surface area (Å²) in [5, 5.41) is 10.3. The minimum absolute atomic E-state index is 0.0490. The normalized spacial score (nSPS) is 12.6. The van der Waals surface area contributed by atoms with E-state index in [-0.39, 0.29) is 10.6 Å². The number of rotatable bonds is 2. The average Bonchev–Trinajstić information content (AvgIpc) is 2.52. The third-order valence-electron chi connectivity index (χ3n) is 3.17. The zero-order valence-electron chi connectivity index (χ0n) is 10.6. The molecule has 1 unspecified atom stereocenters. The van der Waals surface area contributed by atoms with Crippen molar-refractivity contribution in [3.63, 3.8) is 0 Å². The highest BCUT2D eigenvalue weighted by Gasteiger charge is 2.19. The van der Waals surface area contributed by atoms with Crippen LogP contribution >= 0.6 is 27.5 Å². The number of aliphatic hydroxyl groups is 1. The largest absolute Gasteiger partial charge is 0.384 e. The topological polar surface area (TPSA) is 46.0 Å². The summed E-state index contributed by atoms with van der Waals surface area (Å²) < 4.78 is 14.6. The van der Waals surface area contributed by atoms with E-state index in [4.69, 9.17) is 11.6 Å². The van der Waals surface area contributed by atoms with Crippen LogP contribution in [-0.4, -0.2) is 15.1 Å². The van der Waals surface area contributed by atoms with E-state index in [0.717, 1.165) is 0 Å². The number of benzene rings is 2. The molecule has 6 heteroatoms. The molecule has 0 aliphatic carbocycles. The van der Waals surface area contributed by atoms with Gasteiger partial charge in [0.05, 0.1) is 16.1 Å². The molecule has 106 valence electrons. The average molecular weight is 368 g/mol. The van der Waals surface area contributed by atoms with Gasteiger partial charge in [0, 0.05) is 22.4 Å². The van der Waals surface area contributed by atoms with Gasteiger partial charge in [-0.3, -0.25) is 9.97 Å². The van der Waals surface area contributed by atoms with Gasteiger partial charge in [-0.1, -0.05) is 23.7 Å². The minimum Gasteiger partial charge on any atom is -0.384 e. The lowest BCUT2D eigenvalue weighted by molar-refractivity contribution is 0.215. The van der Waals surface area contributed by atoms with Crippen LogP contribution in [0.25, 0.3) is 11.0 Å². The van der Waals surface area contributed by atoms with Crippen molar-refractivity contribution in [3.8, 4) is 0 Å². The van der Waals surface area contributed by atoms with E-state index in [0.29, 0.717) is 21.1 Å². The molecule has 21 heavy (non-hydrogen) atoms. The molecule has 0 bridgehead atoms. The van der Waals surface area contributed by atoms with Crippen molar-refractivity contribution in [1.82, 2.24) is 9.97 Å². The van der Waals surface area contributed by atoms with Gasteiger partial charge >= 0.3 is 0 Å². The quantitative estimate of drug-likeness (QED) is 0.688. The molecule has 0 aliphatic heterocycles. The maximum absolute atomic E-state index is 14.2. The molecule has 2 aromatic carbocycles. The first kappa shape index (κ1) is 14.4. The predicted octanol–water partition coefficient (Wildman–Crippen LogP) is 4.27. The van der Waals surface area contributed by atoms with Crippen LogP contribution in [-0.2, 0) is 0 Å².